The fraction of sp³-hybridized carbons (Fsp3) is 0.562. The summed E-state index contributed by atoms with van der Waals surface area (Å²) in [5.74, 6) is 2.40. The summed E-state index contributed by atoms with van der Waals surface area (Å²) in [6.07, 6.45) is 5.66. The molecule has 0 aliphatic rings. The monoisotopic (exact) mass is 317 g/mol. The van der Waals surface area contributed by atoms with E-state index in [4.69, 9.17) is 0 Å². The predicted molar refractivity (Wildman–Crippen MR) is 91.9 cm³/mol. The maximum Gasteiger partial charge on any atom is 0.192 e. The first kappa shape index (κ1) is 17.1. The van der Waals surface area contributed by atoms with Crippen LogP contribution in [-0.4, -0.2) is 31.8 Å². The first-order chi connectivity index (χ1) is 11.1. The molecule has 7 heteroatoms. The number of imidazole rings is 1. The lowest BCUT2D eigenvalue weighted by atomic mass is 10.2. The van der Waals surface area contributed by atoms with E-state index in [1.807, 2.05) is 30.2 Å². The molecule has 126 valence electrons. The lowest BCUT2D eigenvalue weighted by Crippen LogP contribution is -2.37. The van der Waals surface area contributed by atoms with Gasteiger partial charge >= 0.3 is 0 Å². The van der Waals surface area contributed by atoms with E-state index in [-0.39, 0.29) is 0 Å². The molecule has 0 amide bonds. The Balaban J connectivity index is 1.97. The van der Waals surface area contributed by atoms with Crippen LogP contribution in [0.1, 0.15) is 32.3 Å². The Bertz CT molecular complexity index is 624. The highest BCUT2D eigenvalue weighted by Crippen LogP contribution is 2.03. The highest BCUT2D eigenvalue weighted by atomic mass is 15.3. The molecular weight excluding hydrogens is 290 g/mol. The van der Waals surface area contributed by atoms with Gasteiger partial charge in [-0.3, -0.25) is 4.68 Å². The standard InChI is InChI=1S/C16H27N7/c1-5-17-16(19-10-14-6-7-21-22(14)4)20-11-15-18-8-9-23(15)12-13(2)3/h6-9,13H,5,10-12H2,1-4H3,(H2,17,19,20). The van der Waals surface area contributed by atoms with Crippen LogP contribution in [0.5, 0.6) is 0 Å². The highest BCUT2D eigenvalue weighted by Gasteiger charge is 2.06. The molecule has 0 bridgehead atoms. The van der Waals surface area contributed by atoms with E-state index in [1.165, 1.54) is 0 Å². The molecule has 0 radical (unpaired) electrons. The van der Waals surface area contributed by atoms with E-state index >= 15 is 0 Å². The Hall–Kier alpha value is -2.31. The van der Waals surface area contributed by atoms with Gasteiger partial charge in [-0.05, 0) is 18.9 Å². The van der Waals surface area contributed by atoms with E-state index in [0.29, 0.717) is 19.0 Å². The van der Waals surface area contributed by atoms with Crippen LogP contribution in [0, 0.1) is 5.92 Å². The van der Waals surface area contributed by atoms with Crippen molar-refractivity contribution >= 4 is 5.96 Å². The highest BCUT2D eigenvalue weighted by molar-refractivity contribution is 5.79. The van der Waals surface area contributed by atoms with Crippen molar-refractivity contribution in [3.63, 3.8) is 0 Å². The third-order valence-electron chi connectivity index (χ3n) is 3.44. The van der Waals surface area contributed by atoms with Crippen molar-refractivity contribution in [2.45, 2.75) is 40.4 Å². The van der Waals surface area contributed by atoms with Gasteiger partial charge in [0.2, 0.25) is 0 Å². The summed E-state index contributed by atoms with van der Waals surface area (Å²) in [6.45, 7) is 9.49. The minimum atomic E-state index is 0.590. The number of nitrogens with zero attached hydrogens (tertiary/aromatic N) is 5. The smallest absolute Gasteiger partial charge is 0.192 e. The molecule has 0 atom stereocenters. The van der Waals surface area contributed by atoms with Gasteiger partial charge in [0.05, 0.1) is 18.8 Å². The van der Waals surface area contributed by atoms with Gasteiger partial charge in [-0.2, -0.15) is 5.10 Å². The van der Waals surface area contributed by atoms with Crippen LogP contribution in [-0.2, 0) is 26.7 Å². The second kappa shape index (κ2) is 8.36. The van der Waals surface area contributed by atoms with Crippen LogP contribution in [0.15, 0.2) is 29.6 Å². The van der Waals surface area contributed by atoms with Crippen LogP contribution >= 0.6 is 0 Å². The van der Waals surface area contributed by atoms with Crippen molar-refractivity contribution in [2.75, 3.05) is 6.54 Å². The van der Waals surface area contributed by atoms with E-state index in [9.17, 15) is 0 Å². The van der Waals surface area contributed by atoms with Gasteiger partial charge in [-0.1, -0.05) is 13.8 Å². The van der Waals surface area contributed by atoms with Crippen molar-refractivity contribution in [2.24, 2.45) is 18.0 Å². The Kier molecular flexibility index (Phi) is 6.19. The number of nitrogens with one attached hydrogen (secondary N) is 2. The average Bonchev–Trinajstić information content (AvgIpc) is 3.10. The zero-order valence-corrected chi connectivity index (χ0v) is 14.5. The van der Waals surface area contributed by atoms with Gasteiger partial charge in [0.25, 0.3) is 0 Å². The molecule has 2 heterocycles. The normalized spacial score (nSPS) is 12.0. The van der Waals surface area contributed by atoms with Gasteiger partial charge < -0.3 is 15.2 Å². The predicted octanol–water partition coefficient (Wildman–Crippen LogP) is 1.53. The Morgan fingerprint density at radius 2 is 2.13 bits per heavy atom. The fourth-order valence-corrected chi connectivity index (χ4v) is 2.29. The number of aryl methyl sites for hydroxylation is 1. The number of aromatic nitrogens is 4. The minimum absolute atomic E-state index is 0.590. The maximum absolute atomic E-state index is 4.60. The van der Waals surface area contributed by atoms with Gasteiger partial charge in [-0.25, -0.2) is 9.98 Å². The van der Waals surface area contributed by atoms with Crippen LogP contribution in [0.3, 0.4) is 0 Å². The van der Waals surface area contributed by atoms with Crippen molar-refractivity contribution in [3.8, 4) is 0 Å². The Labute approximate surface area is 137 Å². The SMILES string of the molecule is CCNC(=NCc1ccnn1C)NCc1nccn1CC(C)C. The average molecular weight is 317 g/mol. The first-order valence-corrected chi connectivity index (χ1v) is 8.09. The third-order valence-corrected chi connectivity index (χ3v) is 3.44. The van der Waals surface area contributed by atoms with Crippen molar-refractivity contribution < 1.29 is 0 Å². The zero-order valence-electron chi connectivity index (χ0n) is 14.5. The third kappa shape index (κ3) is 5.12. The number of hydrogen-bond acceptors (Lipinski definition) is 3. The van der Waals surface area contributed by atoms with Gasteiger partial charge in [0.15, 0.2) is 5.96 Å². The molecule has 0 aliphatic carbocycles. The second-order valence-corrected chi connectivity index (χ2v) is 5.88. The van der Waals surface area contributed by atoms with Gasteiger partial charge in [-0.15, -0.1) is 0 Å². The van der Waals surface area contributed by atoms with Gasteiger partial charge in [0, 0.05) is 38.7 Å². The molecule has 0 aromatic carbocycles. The minimum Gasteiger partial charge on any atom is -0.357 e. The quantitative estimate of drug-likeness (QED) is 0.600. The van der Waals surface area contributed by atoms with E-state index < -0.39 is 0 Å². The number of guanidine groups is 1. The molecule has 2 N–H and O–H groups in total. The summed E-state index contributed by atoms with van der Waals surface area (Å²) in [5.41, 5.74) is 1.07. The summed E-state index contributed by atoms with van der Waals surface area (Å²) in [5, 5.41) is 10.8. The molecule has 0 fully saturated rings. The molecule has 0 spiro atoms. The fourth-order valence-electron chi connectivity index (χ4n) is 2.29. The van der Waals surface area contributed by atoms with Crippen LogP contribution in [0.2, 0.25) is 0 Å². The summed E-state index contributed by atoms with van der Waals surface area (Å²) in [7, 11) is 1.92. The molecule has 0 unspecified atom stereocenters. The molecule has 7 nitrogen and oxygen atoms in total. The van der Waals surface area contributed by atoms with Crippen molar-refractivity contribution in [1.82, 2.24) is 30.0 Å². The number of rotatable bonds is 7. The molecular formula is C16H27N7. The van der Waals surface area contributed by atoms with Crippen LogP contribution in [0.25, 0.3) is 0 Å². The summed E-state index contributed by atoms with van der Waals surface area (Å²) < 4.78 is 4.02. The van der Waals surface area contributed by atoms with Crippen molar-refractivity contribution in [3.05, 3.63) is 36.2 Å². The Morgan fingerprint density at radius 3 is 2.78 bits per heavy atom. The molecule has 2 rings (SSSR count). The molecule has 0 saturated carbocycles. The molecule has 2 aromatic heterocycles. The molecule has 2 aromatic rings. The lowest BCUT2D eigenvalue weighted by Gasteiger charge is -2.13. The van der Waals surface area contributed by atoms with Crippen LogP contribution < -0.4 is 10.6 Å². The molecule has 0 aliphatic heterocycles. The summed E-state index contributed by atoms with van der Waals surface area (Å²) in [6, 6.07) is 1.97. The van der Waals surface area contributed by atoms with E-state index in [2.05, 4.69) is 51.0 Å². The molecule has 0 saturated heterocycles. The van der Waals surface area contributed by atoms with Gasteiger partial charge in [0.1, 0.15) is 5.82 Å². The van der Waals surface area contributed by atoms with Crippen molar-refractivity contribution in [1.29, 1.82) is 0 Å². The summed E-state index contributed by atoms with van der Waals surface area (Å²) >= 11 is 0. The lowest BCUT2D eigenvalue weighted by molar-refractivity contribution is 0.503. The van der Waals surface area contributed by atoms with E-state index in [1.54, 1.807) is 6.20 Å². The van der Waals surface area contributed by atoms with E-state index in [0.717, 1.165) is 30.6 Å². The number of aliphatic imine (C=N–C) groups is 1. The van der Waals surface area contributed by atoms with Crippen LogP contribution in [0.4, 0.5) is 0 Å². The summed E-state index contributed by atoms with van der Waals surface area (Å²) in [4.78, 5) is 9.03. The maximum atomic E-state index is 4.60. The largest absolute Gasteiger partial charge is 0.357 e. The molecule has 23 heavy (non-hydrogen) atoms. The Morgan fingerprint density at radius 1 is 1.30 bits per heavy atom. The zero-order chi connectivity index (χ0) is 16.7. The number of hydrogen-bond donors (Lipinski definition) is 2. The first-order valence-electron chi connectivity index (χ1n) is 8.09. The topological polar surface area (TPSA) is 72.1 Å². The second-order valence-electron chi connectivity index (χ2n) is 5.88.